The molecule has 1 atom stereocenters. The second-order valence-corrected chi connectivity index (χ2v) is 7.80. The van der Waals surface area contributed by atoms with Crippen LogP contribution in [0.25, 0.3) is 0 Å². The fraction of sp³-hybridized carbons (Fsp3) is 0.320. The van der Waals surface area contributed by atoms with E-state index in [-0.39, 0.29) is 12.4 Å². The number of aliphatic imine (C=N–C) groups is 2. The van der Waals surface area contributed by atoms with Gasteiger partial charge < -0.3 is 19.5 Å². The van der Waals surface area contributed by atoms with Gasteiger partial charge >= 0.3 is 5.97 Å². The predicted molar refractivity (Wildman–Crippen MR) is 133 cm³/mol. The largest absolute Gasteiger partial charge is 0.481 e. The Morgan fingerprint density at radius 2 is 1.86 bits per heavy atom. The molecular weight excluding hydrogens is 455 g/mol. The fourth-order valence-electron chi connectivity index (χ4n) is 2.83. The van der Waals surface area contributed by atoms with Gasteiger partial charge in [0.05, 0.1) is 12.1 Å². The molecule has 0 aliphatic carbocycles. The number of hydrogen-bond donors (Lipinski definition) is 1. The molecule has 0 fully saturated rings. The molecule has 186 valence electrons. The minimum atomic E-state index is -1.34. The number of amidine groups is 1. The van der Waals surface area contributed by atoms with Crippen LogP contribution in [-0.2, 0) is 16.2 Å². The van der Waals surface area contributed by atoms with E-state index in [1.165, 1.54) is 12.1 Å². The van der Waals surface area contributed by atoms with Crippen molar-refractivity contribution in [2.75, 3.05) is 6.61 Å². The van der Waals surface area contributed by atoms with E-state index in [1.807, 2.05) is 20.8 Å². The monoisotopic (exact) mass is 484 g/mol. The highest BCUT2D eigenvalue weighted by molar-refractivity contribution is 6.01. The molecule has 0 amide bonds. The van der Waals surface area contributed by atoms with Crippen molar-refractivity contribution >= 4 is 31.1 Å². The highest BCUT2D eigenvalue weighted by Gasteiger charge is 2.19. The van der Waals surface area contributed by atoms with Crippen LogP contribution in [-0.4, -0.2) is 49.0 Å². The lowest BCUT2D eigenvalue weighted by atomic mass is 10.1. The molecule has 1 N–H and O–H groups in total. The third-order valence-electron chi connectivity index (χ3n) is 4.59. The van der Waals surface area contributed by atoms with E-state index in [9.17, 15) is 9.18 Å². The summed E-state index contributed by atoms with van der Waals surface area (Å²) in [4.78, 5) is 29.7. The van der Waals surface area contributed by atoms with E-state index in [2.05, 4.69) is 33.7 Å². The molecule has 2 aromatic rings. The predicted octanol–water partition coefficient (Wildman–Crippen LogP) is 4.95. The van der Waals surface area contributed by atoms with Crippen LogP contribution in [0.3, 0.4) is 0 Å². The molecule has 9 nitrogen and oxygen atoms in total. The molecule has 10 heteroatoms. The molecule has 0 saturated heterocycles. The van der Waals surface area contributed by atoms with E-state index in [0.717, 1.165) is 6.07 Å². The van der Waals surface area contributed by atoms with Crippen LogP contribution < -0.4 is 4.74 Å². The molecule has 0 saturated carbocycles. The number of hydrogen-bond acceptors (Lipinski definition) is 7. The van der Waals surface area contributed by atoms with Crippen LogP contribution in [0.5, 0.6) is 5.75 Å². The first kappa shape index (κ1) is 27.2. The standard InChI is InChI=1S/C25H29FN4O5/c1-6-22(24(35-28-5)29-14-17-7-12-20(25(31)32)21(26)13-17)34-19-10-8-18(9-11-19)23(27-4)30-33-15-16(2)3/h7-13,16,22H,4-6,14-15H2,1-3H3,(H,31,32)/b29-24?,30-23-. The highest BCUT2D eigenvalue weighted by Crippen LogP contribution is 2.18. The summed E-state index contributed by atoms with van der Waals surface area (Å²) in [6, 6.07) is 10.8. The number of carboxylic acids is 1. The van der Waals surface area contributed by atoms with Crippen molar-refractivity contribution in [2.45, 2.75) is 39.8 Å². The SMILES string of the molecule is C=NOC(=NCc1ccc(C(=O)O)c(F)c1)C(CC)Oc1ccc(/C(N=C)=N/OCC(C)C)cc1. The molecule has 2 rings (SSSR count). The van der Waals surface area contributed by atoms with Crippen molar-refractivity contribution in [3.8, 4) is 5.75 Å². The Labute approximate surface area is 203 Å². The zero-order valence-corrected chi connectivity index (χ0v) is 20.0. The number of carbonyl (C=O) groups is 1. The maximum atomic E-state index is 14.0. The summed E-state index contributed by atoms with van der Waals surface area (Å²) in [7, 11) is 0. The van der Waals surface area contributed by atoms with Gasteiger partial charge in [0.15, 0.2) is 11.9 Å². The van der Waals surface area contributed by atoms with Gasteiger partial charge in [-0.1, -0.05) is 37.1 Å². The Hall–Kier alpha value is -4.08. The molecule has 0 spiro atoms. The summed E-state index contributed by atoms with van der Waals surface area (Å²) in [6.07, 6.45) is -0.110. The lowest BCUT2D eigenvalue weighted by Crippen LogP contribution is -2.28. The normalized spacial score (nSPS) is 12.7. The van der Waals surface area contributed by atoms with E-state index in [1.54, 1.807) is 24.3 Å². The van der Waals surface area contributed by atoms with Gasteiger partial charge in [-0.2, -0.15) is 0 Å². The summed E-state index contributed by atoms with van der Waals surface area (Å²) in [5.41, 5.74) is 0.751. The number of oxime groups is 2. The van der Waals surface area contributed by atoms with E-state index in [4.69, 9.17) is 19.5 Å². The van der Waals surface area contributed by atoms with E-state index < -0.39 is 23.5 Å². The van der Waals surface area contributed by atoms with E-state index in [0.29, 0.717) is 41.7 Å². The van der Waals surface area contributed by atoms with Crippen molar-refractivity contribution in [2.24, 2.45) is 26.2 Å². The average molecular weight is 485 g/mol. The maximum absolute atomic E-state index is 14.0. The Morgan fingerprint density at radius 1 is 1.14 bits per heavy atom. The zero-order chi connectivity index (χ0) is 25.8. The molecule has 35 heavy (non-hydrogen) atoms. The average Bonchev–Trinajstić information content (AvgIpc) is 2.83. The van der Waals surface area contributed by atoms with Gasteiger partial charge in [0.2, 0.25) is 0 Å². The Morgan fingerprint density at radius 3 is 2.40 bits per heavy atom. The summed E-state index contributed by atoms with van der Waals surface area (Å²) >= 11 is 0. The number of ether oxygens (including phenoxy) is 1. The van der Waals surface area contributed by atoms with Crippen molar-refractivity contribution in [3.63, 3.8) is 0 Å². The van der Waals surface area contributed by atoms with Gasteiger partial charge in [0.1, 0.15) is 18.2 Å². The van der Waals surface area contributed by atoms with Crippen molar-refractivity contribution in [1.29, 1.82) is 0 Å². The topological polar surface area (TPSA) is 114 Å². The number of nitrogens with zero attached hydrogens (tertiary/aromatic N) is 4. The van der Waals surface area contributed by atoms with Crippen LogP contribution in [0.4, 0.5) is 4.39 Å². The minimum Gasteiger partial charge on any atom is -0.481 e. The molecule has 0 aliphatic heterocycles. The Balaban J connectivity index is 2.15. The molecule has 0 aliphatic rings. The van der Waals surface area contributed by atoms with Crippen LogP contribution >= 0.6 is 0 Å². The fourth-order valence-corrected chi connectivity index (χ4v) is 2.83. The lowest BCUT2D eigenvalue weighted by molar-refractivity contribution is 0.0692. The number of aromatic carboxylic acids is 1. The van der Waals surface area contributed by atoms with Crippen LogP contribution in [0.15, 0.2) is 62.8 Å². The van der Waals surface area contributed by atoms with Gasteiger partial charge in [-0.25, -0.2) is 19.2 Å². The van der Waals surface area contributed by atoms with Gasteiger partial charge in [-0.05, 0) is 61.0 Å². The summed E-state index contributed by atoms with van der Waals surface area (Å²) < 4.78 is 20.0. The van der Waals surface area contributed by atoms with Crippen LogP contribution in [0, 0.1) is 11.7 Å². The molecule has 0 heterocycles. The smallest absolute Gasteiger partial charge is 0.338 e. The van der Waals surface area contributed by atoms with Crippen molar-refractivity contribution in [3.05, 3.63) is 65.0 Å². The molecule has 2 aromatic carbocycles. The zero-order valence-electron chi connectivity index (χ0n) is 20.0. The first-order valence-electron chi connectivity index (χ1n) is 10.9. The minimum absolute atomic E-state index is 0.0294. The van der Waals surface area contributed by atoms with E-state index >= 15 is 0 Å². The second-order valence-electron chi connectivity index (χ2n) is 7.80. The van der Waals surface area contributed by atoms with Gasteiger partial charge in [0.25, 0.3) is 5.90 Å². The van der Waals surface area contributed by atoms with Crippen molar-refractivity contribution < 1.29 is 28.7 Å². The third kappa shape index (κ3) is 8.33. The first-order chi connectivity index (χ1) is 16.8. The number of halogens is 1. The molecule has 0 bridgehead atoms. The Kier molecular flexibility index (Phi) is 10.5. The summed E-state index contributed by atoms with van der Waals surface area (Å²) in [6.45, 7) is 13.3. The second kappa shape index (κ2) is 13.6. The first-order valence-corrected chi connectivity index (χ1v) is 10.9. The molecule has 0 radical (unpaired) electrons. The summed E-state index contributed by atoms with van der Waals surface area (Å²) in [5.74, 6) is -0.821. The highest BCUT2D eigenvalue weighted by atomic mass is 19.1. The molecule has 1 unspecified atom stereocenters. The third-order valence-corrected chi connectivity index (χ3v) is 4.59. The molecule has 0 aromatic heterocycles. The van der Waals surface area contributed by atoms with Gasteiger partial charge in [0, 0.05) is 12.3 Å². The quantitative estimate of drug-likeness (QED) is 0.260. The van der Waals surface area contributed by atoms with Crippen molar-refractivity contribution in [1.82, 2.24) is 0 Å². The van der Waals surface area contributed by atoms with Gasteiger partial charge in [-0.15, -0.1) is 0 Å². The van der Waals surface area contributed by atoms with Crippen LogP contribution in [0.1, 0.15) is 48.7 Å². The Bertz CT molecular complexity index is 1080. The maximum Gasteiger partial charge on any atom is 0.338 e. The summed E-state index contributed by atoms with van der Waals surface area (Å²) in [5, 5.41) is 16.4. The number of rotatable bonds is 12. The van der Waals surface area contributed by atoms with Gasteiger partial charge in [-0.3, -0.25) is 0 Å². The van der Waals surface area contributed by atoms with Crippen LogP contribution in [0.2, 0.25) is 0 Å². The number of carboxylic acid groups (broad SMARTS) is 1. The number of benzene rings is 2. The molecular formula is C25H29FN4O5. The lowest BCUT2D eigenvalue weighted by Gasteiger charge is -2.18.